The van der Waals surface area contributed by atoms with Crippen LogP contribution in [0.25, 0.3) is 17.0 Å². The first-order valence-corrected chi connectivity index (χ1v) is 7.11. The molecule has 2 aromatic carbocycles. The number of ether oxygens (including phenoxy) is 1. The number of rotatable bonds is 3. The number of fused-ring (bicyclic) bond motifs is 1. The van der Waals surface area contributed by atoms with Gasteiger partial charge in [-0.05, 0) is 48.9 Å². The zero-order valence-corrected chi connectivity index (χ0v) is 12.6. The first-order chi connectivity index (χ1) is 10.7. The number of aryl methyl sites for hydroxylation is 1. The highest BCUT2D eigenvalue weighted by Gasteiger charge is 2.05. The van der Waals surface area contributed by atoms with E-state index in [1.54, 1.807) is 17.8 Å². The van der Waals surface area contributed by atoms with Crippen LogP contribution in [0, 0.1) is 6.92 Å². The summed E-state index contributed by atoms with van der Waals surface area (Å²) in [6.45, 7) is 2.04. The van der Waals surface area contributed by atoms with Crippen molar-refractivity contribution in [2.75, 3.05) is 7.11 Å². The molecule has 0 aliphatic rings. The van der Waals surface area contributed by atoms with Crippen LogP contribution in [0.4, 0.5) is 0 Å². The first kappa shape index (κ1) is 14.1. The largest absolute Gasteiger partial charge is 0.497 e. The van der Waals surface area contributed by atoms with Gasteiger partial charge in [-0.1, -0.05) is 23.8 Å². The van der Waals surface area contributed by atoms with E-state index in [9.17, 15) is 4.79 Å². The summed E-state index contributed by atoms with van der Waals surface area (Å²) in [5.41, 5.74) is 3.07. The molecule has 0 aliphatic heterocycles. The second-order valence-electron chi connectivity index (χ2n) is 5.19. The molecule has 0 atom stereocenters. The molecule has 3 rings (SSSR count). The third-order valence-electron chi connectivity index (χ3n) is 3.62. The van der Waals surface area contributed by atoms with Gasteiger partial charge in [-0.25, -0.2) is 0 Å². The molecule has 0 saturated heterocycles. The molecule has 1 aromatic heterocycles. The van der Waals surface area contributed by atoms with Crippen molar-refractivity contribution in [1.82, 2.24) is 4.57 Å². The van der Waals surface area contributed by atoms with Crippen LogP contribution in [0.3, 0.4) is 0 Å². The summed E-state index contributed by atoms with van der Waals surface area (Å²) in [6.07, 6.45) is 5.20. The van der Waals surface area contributed by atoms with Crippen molar-refractivity contribution < 1.29 is 9.53 Å². The van der Waals surface area contributed by atoms with E-state index in [0.29, 0.717) is 0 Å². The van der Waals surface area contributed by atoms with E-state index in [2.05, 4.69) is 6.07 Å². The average molecular weight is 291 g/mol. The summed E-state index contributed by atoms with van der Waals surface area (Å²) in [7, 11) is 1.63. The van der Waals surface area contributed by atoms with E-state index in [-0.39, 0.29) is 5.91 Å². The second kappa shape index (κ2) is 5.90. The maximum absolute atomic E-state index is 12.4. The number of carbonyl (C=O) groups is 1. The monoisotopic (exact) mass is 291 g/mol. The van der Waals surface area contributed by atoms with E-state index < -0.39 is 0 Å². The zero-order valence-electron chi connectivity index (χ0n) is 12.6. The summed E-state index contributed by atoms with van der Waals surface area (Å²) in [4.78, 5) is 12.4. The fraction of sp³-hybridized carbons (Fsp3) is 0.105. The molecule has 3 nitrogen and oxygen atoms in total. The quantitative estimate of drug-likeness (QED) is 0.673. The van der Waals surface area contributed by atoms with Gasteiger partial charge < -0.3 is 4.74 Å². The Labute approximate surface area is 129 Å². The van der Waals surface area contributed by atoms with Crippen molar-refractivity contribution in [1.29, 1.82) is 0 Å². The van der Waals surface area contributed by atoms with Gasteiger partial charge in [0.25, 0.3) is 5.91 Å². The molecule has 22 heavy (non-hydrogen) atoms. The second-order valence-corrected chi connectivity index (χ2v) is 5.19. The highest BCUT2D eigenvalue weighted by molar-refractivity contribution is 6.00. The van der Waals surface area contributed by atoms with Crippen molar-refractivity contribution in [3.05, 3.63) is 71.9 Å². The number of benzene rings is 2. The molecule has 0 saturated carbocycles. The van der Waals surface area contributed by atoms with E-state index in [4.69, 9.17) is 4.74 Å². The molecule has 0 N–H and O–H groups in total. The molecule has 0 bridgehead atoms. The third-order valence-corrected chi connectivity index (χ3v) is 3.62. The smallest absolute Gasteiger partial charge is 0.255 e. The standard InChI is InChI=1S/C19H17NO2/c1-14-3-9-18-16(13-14)11-12-20(18)19(21)10-6-15-4-7-17(22-2)8-5-15/h3-13H,1-2H3/b10-6+. The summed E-state index contributed by atoms with van der Waals surface area (Å²) in [6, 6.07) is 15.6. The predicted octanol–water partition coefficient (Wildman–Crippen LogP) is 4.31. The van der Waals surface area contributed by atoms with Crippen molar-refractivity contribution in [3.8, 4) is 5.75 Å². The number of aromatic nitrogens is 1. The lowest BCUT2D eigenvalue weighted by Gasteiger charge is -2.01. The number of nitrogens with zero attached hydrogens (tertiary/aromatic N) is 1. The Balaban J connectivity index is 1.84. The minimum Gasteiger partial charge on any atom is -0.497 e. The minimum atomic E-state index is -0.0605. The summed E-state index contributed by atoms with van der Waals surface area (Å²) in [5, 5.41) is 1.08. The third kappa shape index (κ3) is 2.79. The zero-order chi connectivity index (χ0) is 15.5. The molecule has 3 aromatic rings. The van der Waals surface area contributed by atoms with Gasteiger partial charge in [0, 0.05) is 17.7 Å². The minimum absolute atomic E-state index is 0.0605. The van der Waals surface area contributed by atoms with Gasteiger partial charge in [0.05, 0.1) is 12.6 Å². The van der Waals surface area contributed by atoms with Gasteiger partial charge in [0.1, 0.15) is 5.75 Å². The number of hydrogen-bond donors (Lipinski definition) is 0. The van der Waals surface area contributed by atoms with Gasteiger partial charge in [0.2, 0.25) is 0 Å². The van der Waals surface area contributed by atoms with Gasteiger partial charge in [-0.2, -0.15) is 0 Å². The molecule has 110 valence electrons. The lowest BCUT2D eigenvalue weighted by Crippen LogP contribution is -2.04. The fourth-order valence-electron chi connectivity index (χ4n) is 2.42. The van der Waals surface area contributed by atoms with Crippen LogP contribution in [-0.2, 0) is 0 Å². The summed E-state index contributed by atoms with van der Waals surface area (Å²) >= 11 is 0. The molecule has 3 heteroatoms. The van der Waals surface area contributed by atoms with Crippen LogP contribution >= 0.6 is 0 Å². The molecule has 0 unspecified atom stereocenters. The van der Waals surface area contributed by atoms with Crippen molar-refractivity contribution in [2.24, 2.45) is 0 Å². The number of allylic oxidation sites excluding steroid dienone is 1. The highest BCUT2D eigenvalue weighted by atomic mass is 16.5. The molecule has 1 heterocycles. The Morgan fingerprint density at radius 1 is 1.09 bits per heavy atom. The van der Waals surface area contributed by atoms with Crippen molar-refractivity contribution >= 4 is 22.9 Å². The van der Waals surface area contributed by atoms with E-state index in [0.717, 1.165) is 22.2 Å². The molecule has 0 fully saturated rings. The Kier molecular flexibility index (Phi) is 3.79. The van der Waals surface area contributed by atoms with Crippen molar-refractivity contribution in [2.45, 2.75) is 6.92 Å². The van der Waals surface area contributed by atoms with Gasteiger partial charge in [0.15, 0.2) is 0 Å². The molecular weight excluding hydrogens is 274 g/mol. The Morgan fingerprint density at radius 3 is 2.59 bits per heavy atom. The Bertz CT molecular complexity index is 842. The van der Waals surface area contributed by atoms with Gasteiger partial charge in [-0.3, -0.25) is 9.36 Å². The molecule has 0 amide bonds. The summed E-state index contributed by atoms with van der Waals surface area (Å²) < 4.78 is 6.78. The Morgan fingerprint density at radius 2 is 1.86 bits per heavy atom. The van der Waals surface area contributed by atoms with Crippen LogP contribution in [0.5, 0.6) is 5.75 Å². The maximum atomic E-state index is 12.4. The fourth-order valence-corrected chi connectivity index (χ4v) is 2.42. The van der Waals surface area contributed by atoms with Crippen LogP contribution in [-0.4, -0.2) is 17.6 Å². The molecular formula is C19H17NO2. The lowest BCUT2D eigenvalue weighted by atomic mass is 10.2. The highest BCUT2D eigenvalue weighted by Crippen LogP contribution is 2.18. The predicted molar refractivity (Wildman–Crippen MR) is 89.3 cm³/mol. The maximum Gasteiger partial charge on any atom is 0.255 e. The van der Waals surface area contributed by atoms with E-state index in [1.807, 2.05) is 61.7 Å². The lowest BCUT2D eigenvalue weighted by molar-refractivity contribution is 0.0975. The average Bonchev–Trinajstić information content (AvgIpc) is 2.96. The topological polar surface area (TPSA) is 31.2 Å². The SMILES string of the molecule is COc1ccc(/C=C/C(=O)n2ccc3cc(C)ccc32)cc1. The molecule has 0 spiro atoms. The van der Waals surface area contributed by atoms with Gasteiger partial charge >= 0.3 is 0 Å². The number of carbonyl (C=O) groups excluding carboxylic acids is 1. The molecule has 0 radical (unpaired) electrons. The van der Waals surface area contributed by atoms with Crippen LogP contribution < -0.4 is 4.74 Å². The van der Waals surface area contributed by atoms with E-state index >= 15 is 0 Å². The first-order valence-electron chi connectivity index (χ1n) is 7.11. The van der Waals surface area contributed by atoms with E-state index in [1.165, 1.54) is 5.56 Å². The number of hydrogen-bond acceptors (Lipinski definition) is 2. The van der Waals surface area contributed by atoms with Crippen LogP contribution in [0.2, 0.25) is 0 Å². The van der Waals surface area contributed by atoms with Crippen LogP contribution in [0.1, 0.15) is 15.9 Å². The van der Waals surface area contributed by atoms with Crippen molar-refractivity contribution in [3.63, 3.8) is 0 Å². The van der Waals surface area contributed by atoms with Gasteiger partial charge in [-0.15, -0.1) is 0 Å². The Hall–Kier alpha value is -2.81. The number of methoxy groups -OCH3 is 1. The summed E-state index contributed by atoms with van der Waals surface area (Å²) in [5.74, 6) is 0.741. The molecule has 0 aliphatic carbocycles. The van der Waals surface area contributed by atoms with Crippen LogP contribution in [0.15, 0.2) is 60.8 Å². The normalized spacial score (nSPS) is 11.2.